The molecule has 4 aliphatic carbocycles. The van der Waals surface area contributed by atoms with Crippen molar-refractivity contribution in [2.45, 2.75) is 64.7 Å². The minimum atomic E-state index is -0.317. The lowest BCUT2D eigenvalue weighted by molar-refractivity contribution is -0.134. The highest BCUT2D eigenvalue weighted by Gasteiger charge is 2.62. The molecule has 3 saturated carbocycles. The number of carbonyl (C=O) groups is 3. The van der Waals surface area contributed by atoms with Gasteiger partial charge in [0.2, 0.25) is 0 Å². The van der Waals surface area contributed by atoms with Crippen LogP contribution in [0.4, 0.5) is 4.79 Å². The summed E-state index contributed by atoms with van der Waals surface area (Å²) in [6.45, 7) is 4.66. The molecule has 0 amide bonds. The van der Waals surface area contributed by atoms with E-state index < -0.39 is 0 Å². The molecule has 2 aromatic rings. The number of rotatable bonds is 2. The molecule has 4 aliphatic rings. The number of allylic oxidation sites excluding steroid dienone is 1. The van der Waals surface area contributed by atoms with E-state index in [4.69, 9.17) is 4.74 Å². The van der Waals surface area contributed by atoms with Crippen molar-refractivity contribution in [3.63, 3.8) is 0 Å². The van der Waals surface area contributed by atoms with Gasteiger partial charge in [0.25, 0.3) is 5.24 Å². The predicted octanol–water partition coefficient (Wildman–Crippen LogP) is 6.76. The molecule has 1 heterocycles. The highest BCUT2D eigenvalue weighted by molar-refractivity contribution is 7.96. The summed E-state index contributed by atoms with van der Waals surface area (Å²) in [5.41, 5.74) is 2.60. The summed E-state index contributed by atoms with van der Waals surface area (Å²) in [4.78, 5) is 39.1. The molecular weight excluding hydrogens is 484 g/mol. The molecule has 6 rings (SSSR count). The van der Waals surface area contributed by atoms with Gasteiger partial charge in [-0.05, 0) is 85.0 Å². The standard InChI is InChI=1S/C26H32O3.C4H4N2OS.2H2/c1-25-13-12-18(27)14-17(25)6-9-20-22-10-11-23(28)26(22,2)15-21(24(20)25)16-4-7-19(29-3)8-5-16;7-4(8)6-2-1-5-3-6;;/h4-5,7-8,14,20-22,24H,6,9-13,15H2,1-3H3;1-3H,(H,7,8);2*1H/t20-,21+,22?,24?,25-,26-;;;/m0.../s1. The number of ketones is 2. The third-order valence-electron chi connectivity index (χ3n) is 9.90. The van der Waals surface area contributed by atoms with Crippen molar-refractivity contribution in [1.29, 1.82) is 0 Å². The van der Waals surface area contributed by atoms with Gasteiger partial charge in [-0.25, -0.2) is 4.98 Å². The first kappa shape index (κ1) is 26.0. The average molecular weight is 525 g/mol. The molecule has 0 radical (unpaired) electrons. The molecule has 1 aromatic heterocycles. The summed E-state index contributed by atoms with van der Waals surface area (Å²) in [6.07, 6.45) is 13.0. The van der Waals surface area contributed by atoms with Crippen LogP contribution in [0.15, 0.2) is 54.6 Å². The van der Waals surface area contributed by atoms with Crippen LogP contribution in [0.25, 0.3) is 0 Å². The average Bonchev–Trinajstić information content (AvgIpc) is 3.53. The van der Waals surface area contributed by atoms with E-state index in [2.05, 4.69) is 55.7 Å². The maximum atomic E-state index is 13.0. The van der Waals surface area contributed by atoms with E-state index in [1.165, 1.54) is 34.4 Å². The second-order valence-electron chi connectivity index (χ2n) is 11.6. The first-order chi connectivity index (χ1) is 17.7. The first-order valence-corrected chi connectivity index (χ1v) is 13.7. The number of nitrogens with zero attached hydrogens (tertiary/aromatic N) is 2. The fourth-order valence-electron chi connectivity index (χ4n) is 8.06. The van der Waals surface area contributed by atoms with Crippen molar-refractivity contribution in [2.75, 3.05) is 7.11 Å². The van der Waals surface area contributed by atoms with Crippen LogP contribution in [-0.4, -0.2) is 33.5 Å². The van der Waals surface area contributed by atoms with Gasteiger partial charge in [0.05, 0.1) is 7.11 Å². The lowest BCUT2D eigenvalue weighted by Gasteiger charge is -2.60. The van der Waals surface area contributed by atoms with Gasteiger partial charge in [0.15, 0.2) is 5.78 Å². The number of ether oxygens (including phenoxy) is 1. The molecule has 0 aliphatic heterocycles. The van der Waals surface area contributed by atoms with Gasteiger partial charge < -0.3 is 4.74 Å². The number of aromatic nitrogens is 2. The number of methoxy groups -OCH3 is 1. The Hall–Kier alpha value is -2.67. The quantitative estimate of drug-likeness (QED) is 0.439. The fraction of sp³-hybridized carbons (Fsp3) is 0.533. The summed E-state index contributed by atoms with van der Waals surface area (Å²) in [5.74, 6) is 3.59. The zero-order valence-corrected chi connectivity index (χ0v) is 22.7. The van der Waals surface area contributed by atoms with Crippen LogP contribution in [0.2, 0.25) is 0 Å². The van der Waals surface area contributed by atoms with E-state index >= 15 is 0 Å². The molecule has 3 fully saturated rings. The van der Waals surface area contributed by atoms with E-state index in [0.717, 1.165) is 44.3 Å². The second-order valence-corrected chi connectivity index (χ2v) is 12.0. The highest BCUT2D eigenvalue weighted by Crippen LogP contribution is 2.68. The van der Waals surface area contributed by atoms with E-state index in [-0.39, 0.29) is 18.9 Å². The fourth-order valence-corrected chi connectivity index (χ4v) is 8.18. The van der Waals surface area contributed by atoms with Gasteiger partial charge in [-0.2, -0.15) is 0 Å². The number of hydrogen-bond donors (Lipinski definition) is 1. The number of fused-ring (bicyclic) bond motifs is 5. The van der Waals surface area contributed by atoms with Gasteiger partial charge in [0, 0.05) is 33.5 Å². The van der Waals surface area contributed by atoms with Crippen LogP contribution in [0.3, 0.4) is 0 Å². The van der Waals surface area contributed by atoms with Gasteiger partial charge in [-0.15, -0.1) is 0 Å². The molecule has 2 unspecified atom stereocenters. The topological polar surface area (TPSA) is 78.3 Å². The second kappa shape index (κ2) is 9.90. The molecule has 0 spiro atoms. The minimum absolute atomic E-state index is 0. The summed E-state index contributed by atoms with van der Waals surface area (Å²) < 4.78 is 6.67. The molecule has 0 bridgehead atoms. The highest BCUT2D eigenvalue weighted by atomic mass is 32.1. The van der Waals surface area contributed by atoms with Crippen molar-refractivity contribution >= 4 is 29.4 Å². The van der Waals surface area contributed by atoms with E-state index in [9.17, 15) is 14.4 Å². The van der Waals surface area contributed by atoms with Crippen molar-refractivity contribution in [1.82, 2.24) is 9.55 Å². The Bertz CT molecular complexity index is 1230. The Morgan fingerprint density at radius 2 is 1.86 bits per heavy atom. The number of benzene rings is 1. The van der Waals surface area contributed by atoms with Crippen molar-refractivity contribution in [3.8, 4) is 5.75 Å². The number of imidazole rings is 1. The SMILES string of the molecule is COc1ccc([C@H]2C[C@]3(C)C(=O)CCC3[C@@H]3CCC4=CC(=O)CC[C@]4(C)C32)cc1.O=C(S)n1ccnc1.[HH].[HH]. The maximum Gasteiger partial charge on any atom is 0.287 e. The largest absolute Gasteiger partial charge is 0.497 e. The predicted molar refractivity (Wildman–Crippen MR) is 149 cm³/mol. The first-order valence-electron chi connectivity index (χ1n) is 13.3. The number of hydrogen-bond acceptors (Lipinski definition) is 5. The van der Waals surface area contributed by atoms with Crippen LogP contribution >= 0.6 is 12.6 Å². The minimum Gasteiger partial charge on any atom is -0.497 e. The number of carbonyl (C=O) groups excluding carboxylic acids is 3. The third-order valence-corrected chi connectivity index (χ3v) is 10.1. The molecule has 6 nitrogen and oxygen atoms in total. The van der Waals surface area contributed by atoms with E-state index in [1.807, 2.05) is 6.08 Å². The molecule has 0 N–H and O–H groups in total. The van der Waals surface area contributed by atoms with Crippen LogP contribution in [0.5, 0.6) is 5.75 Å². The van der Waals surface area contributed by atoms with E-state index in [1.54, 1.807) is 7.11 Å². The van der Waals surface area contributed by atoms with Gasteiger partial charge in [-0.1, -0.05) is 44.2 Å². The molecule has 6 atom stereocenters. The lowest BCUT2D eigenvalue weighted by atomic mass is 9.44. The van der Waals surface area contributed by atoms with Crippen LogP contribution in [-0.2, 0) is 9.59 Å². The summed E-state index contributed by atoms with van der Waals surface area (Å²) >= 11 is 3.54. The zero-order valence-electron chi connectivity index (χ0n) is 21.9. The smallest absolute Gasteiger partial charge is 0.287 e. The molecular formula is C30H40N2O4S. The third kappa shape index (κ3) is 4.49. The Kier molecular flexibility index (Phi) is 6.94. The zero-order chi connectivity index (χ0) is 26.4. The van der Waals surface area contributed by atoms with Gasteiger partial charge >= 0.3 is 0 Å². The monoisotopic (exact) mass is 524 g/mol. The Morgan fingerprint density at radius 1 is 1.11 bits per heavy atom. The molecule has 200 valence electrons. The molecule has 0 saturated heterocycles. The van der Waals surface area contributed by atoms with E-state index in [0.29, 0.717) is 41.7 Å². The summed E-state index contributed by atoms with van der Waals surface area (Å²) in [6, 6.07) is 8.53. The van der Waals surface area contributed by atoms with Crippen LogP contribution < -0.4 is 4.74 Å². The number of Topliss-reactive ketones (excluding diaryl/α,β-unsaturated/α-hetero) is 1. The Morgan fingerprint density at radius 3 is 2.49 bits per heavy atom. The summed E-state index contributed by atoms with van der Waals surface area (Å²) in [5, 5.41) is -0.317. The van der Waals surface area contributed by atoms with Crippen molar-refractivity contribution in [3.05, 3.63) is 60.2 Å². The van der Waals surface area contributed by atoms with Crippen LogP contribution in [0, 0.1) is 28.6 Å². The van der Waals surface area contributed by atoms with Gasteiger partial charge in [-0.3, -0.25) is 19.0 Å². The molecule has 7 heteroatoms. The van der Waals surface area contributed by atoms with Crippen LogP contribution in [0.1, 0.15) is 73.1 Å². The molecule has 37 heavy (non-hydrogen) atoms. The van der Waals surface area contributed by atoms with Gasteiger partial charge in [0.1, 0.15) is 17.9 Å². The van der Waals surface area contributed by atoms with Crippen molar-refractivity contribution in [2.24, 2.45) is 28.6 Å². The van der Waals surface area contributed by atoms with Crippen molar-refractivity contribution < 1.29 is 22.0 Å². The number of thiol groups is 1. The normalized spacial score (nSPS) is 34.3. The molecule has 1 aromatic carbocycles. The summed E-state index contributed by atoms with van der Waals surface area (Å²) in [7, 11) is 1.70. The Labute approximate surface area is 227 Å². The maximum absolute atomic E-state index is 13.0. The lowest BCUT2D eigenvalue weighted by Crippen LogP contribution is -2.53. The Balaban J connectivity index is 0.000000365.